The van der Waals surface area contributed by atoms with Crippen LogP contribution in [-0.2, 0) is 10.5 Å². The number of aromatic nitrogens is 2. The van der Waals surface area contributed by atoms with Crippen LogP contribution in [0.15, 0.2) is 62.3 Å². The molecule has 156 valence electrons. The first-order chi connectivity index (χ1) is 14.5. The Morgan fingerprint density at radius 1 is 1.10 bits per heavy atom. The first-order valence-electron chi connectivity index (χ1n) is 8.92. The molecule has 0 bridgehead atoms. The number of rotatable bonds is 9. The quantitative estimate of drug-likeness (QED) is 0.271. The highest BCUT2D eigenvalue weighted by atomic mass is 35.5. The first-order valence-corrected chi connectivity index (χ1v) is 12.1. The maximum atomic E-state index is 12.0. The molecular formula is C20H20ClN5OS3. The minimum absolute atomic E-state index is 0.188. The van der Waals surface area contributed by atoms with Crippen molar-refractivity contribution >= 4 is 64.3 Å². The van der Waals surface area contributed by atoms with E-state index >= 15 is 0 Å². The lowest BCUT2D eigenvalue weighted by molar-refractivity contribution is -0.118. The van der Waals surface area contributed by atoms with Gasteiger partial charge in [-0.25, -0.2) is 5.43 Å². The summed E-state index contributed by atoms with van der Waals surface area (Å²) in [4.78, 5) is 14.0. The lowest BCUT2D eigenvalue weighted by Crippen LogP contribution is -2.19. The van der Waals surface area contributed by atoms with Gasteiger partial charge in [-0.1, -0.05) is 70.7 Å². The number of hydrogen-bond acceptors (Lipinski definition) is 8. The number of hydrogen-bond donors (Lipinski definition) is 1. The molecule has 0 fully saturated rings. The van der Waals surface area contributed by atoms with Crippen molar-refractivity contribution in [2.75, 3.05) is 24.7 Å². The van der Waals surface area contributed by atoms with E-state index in [4.69, 9.17) is 11.6 Å². The zero-order valence-corrected chi connectivity index (χ0v) is 19.6. The van der Waals surface area contributed by atoms with Gasteiger partial charge in [-0.15, -0.1) is 10.2 Å². The second-order valence-corrected chi connectivity index (χ2v) is 10.2. The van der Waals surface area contributed by atoms with Crippen molar-refractivity contribution in [3.05, 3.63) is 64.7 Å². The fourth-order valence-corrected chi connectivity index (χ4v) is 5.13. The Morgan fingerprint density at radius 3 is 2.43 bits per heavy atom. The molecule has 3 aromatic rings. The monoisotopic (exact) mass is 477 g/mol. The minimum Gasteiger partial charge on any atom is -0.378 e. The summed E-state index contributed by atoms with van der Waals surface area (Å²) < 4.78 is 1.62. The molecule has 10 heteroatoms. The van der Waals surface area contributed by atoms with E-state index in [0.29, 0.717) is 0 Å². The van der Waals surface area contributed by atoms with E-state index < -0.39 is 0 Å². The molecule has 0 saturated heterocycles. The lowest BCUT2D eigenvalue weighted by Gasteiger charge is -2.11. The lowest BCUT2D eigenvalue weighted by atomic mass is 10.2. The van der Waals surface area contributed by atoms with Gasteiger partial charge in [0.2, 0.25) is 0 Å². The Hall–Kier alpha value is -2.07. The van der Waals surface area contributed by atoms with Crippen LogP contribution in [0.5, 0.6) is 0 Å². The van der Waals surface area contributed by atoms with Gasteiger partial charge in [0.25, 0.3) is 5.91 Å². The van der Waals surface area contributed by atoms with Crippen molar-refractivity contribution in [2.45, 2.75) is 14.4 Å². The number of carbonyl (C=O) groups is 1. The SMILES string of the molecule is CN(C)c1ccc(C=NNC(=O)CSc2nnc(SCc3ccc(Cl)cc3)s2)cc1. The zero-order valence-electron chi connectivity index (χ0n) is 16.4. The number of carbonyl (C=O) groups excluding carboxylic acids is 1. The molecule has 0 aliphatic heterocycles. The van der Waals surface area contributed by atoms with E-state index in [1.807, 2.05) is 67.5 Å². The smallest absolute Gasteiger partial charge is 0.250 e. The Balaban J connectivity index is 1.39. The summed E-state index contributed by atoms with van der Waals surface area (Å²) in [6.45, 7) is 0. The molecule has 1 heterocycles. The highest BCUT2D eigenvalue weighted by molar-refractivity contribution is 8.03. The van der Waals surface area contributed by atoms with Gasteiger partial charge in [0, 0.05) is 30.6 Å². The van der Waals surface area contributed by atoms with E-state index in [9.17, 15) is 4.79 Å². The van der Waals surface area contributed by atoms with Gasteiger partial charge in [0.05, 0.1) is 12.0 Å². The van der Waals surface area contributed by atoms with E-state index in [1.54, 1.807) is 18.0 Å². The Kier molecular flexibility index (Phi) is 8.56. The van der Waals surface area contributed by atoms with Crippen molar-refractivity contribution in [3.8, 4) is 0 Å². The molecule has 0 aliphatic carbocycles. The molecular weight excluding hydrogens is 458 g/mol. The van der Waals surface area contributed by atoms with Gasteiger partial charge in [0.15, 0.2) is 8.68 Å². The Bertz CT molecular complexity index is 990. The second kappa shape index (κ2) is 11.4. The van der Waals surface area contributed by atoms with Gasteiger partial charge in [0.1, 0.15) is 0 Å². The number of amides is 1. The Morgan fingerprint density at radius 2 is 1.77 bits per heavy atom. The Labute approximate surface area is 193 Å². The van der Waals surface area contributed by atoms with Crippen molar-refractivity contribution in [1.29, 1.82) is 0 Å². The third-order valence-electron chi connectivity index (χ3n) is 3.80. The van der Waals surface area contributed by atoms with E-state index in [-0.39, 0.29) is 11.7 Å². The molecule has 0 atom stereocenters. The van der Waals surface area contributed by atoms with E-state index in [2.05, 4.69) is 20.7 Å². The van der Waals surface area contributed by atoms with Gasteiger partial charge in [-0.3, -0.25) is 4.79 Å². The van der Waals surface area contributed by atoms with Crippen LogP contribution >= 0.6 is 46.5 Å². The third kappa shape index (κ3) is 7.32. The van der Waals surface area contributed by atoms with Crippen molar-refractivity contribution in [3.63, 3.8) is 0 Å². The summed E-state index contributed by atoms with van der Waals surface area (Å²) in [5.41, 5.74) is 5.73. The van der Waals surface area contributed by atoms with Crippen LogP contribution in [0.1, 0.15) is 11.1 Å². The maximum Gasteiger partial charge on any atom is 0.250 e. The summed E-state index contributed by atoms with van der Waals surface area (Å²) in [5, 5.41) is 13.0. The molecule has 0 spiro atoms. The number of thioether (sulfide) groups is 2. The fraction of sp³-hybridized carbons (Fsp3) is 0.200. The maximum absolute atomic E-state index is 12.0. The molecule has 0 saturated carbocycles. The predicted octanol–water partition coefficient (Wildman–Crippen LogP) is 4.79. The number of nitrogens with zero attached hydrogens (tertiary/aromatic N) is 4. The van der Waals surface area contributed by atoms with Crippen LogP contribution in [-0.4, -0.2) is 42.2 Å². The highest BCUT2D eigenvalue weighted by Gasteiger charge is 2.08. The number of hydrazone groups is 1. The topological polar surface area (TPSA) is 70.5 Å². The van der Waals surface area contributed by atoms with Crippen LogP contribution in [0.2, 0.25) is 5.02 Å². The normalized spacial score (nSPS) is 11.0. The number of anilines is 1. The van der Waals surface area contributed by atoms with E-state index in [0.717, 1.165) is 30.7 Å². The molecule has 30 heavy (non-hydrogen) atoms. The predicted molar refractivity (Wildman–Crippen MR) is 128 cm³/mol. The zero-order chi connectivity index (χ0) is 21.3. The van der Waals surface area contributed by atoms with Crippen molar-refractivity contribution in [2.24, 2.45) is 5.10 Å². The summed E-state index contributed by atoms with van der Waals surface area (Å²) in [6, 6.07) is 15.6. The van der Waals surface area contributed by atoms with Crippen LogP contribution in [0.4, 0.5) is 5.69 Å². The molecule has 1 N–H and O–H groups in total. The molecule has 0 unspecified atom stereocenters. The summed E-state index contributed by atoms with van der Waals surface area (Å²) in [6.07, 6.45) is 1.62. The van der Waals surface area contributed by atoms with Crippen LogP contribution in [0, 0.1) is 0 Å². The van der Waals surface area contributed by atoms with Crippen LogP contribution < -0.4 is 10.3 Å². The first kappa shape index (κ1) is 22.6. The largest absolute Gasteiger partial charge is 0.378 e. The fourth-order valence-electron chi connectivity index (χ4n) is 2.24. The molecule has 6 nitrogen and oxygen atoms in total. The molecule has 1 aromatic heterocycles. The average Bonchev–Trinajstić information content (AvgIpc) is 3.20. The summed E-state index contributed by atoms with van der Waals surface area (Å²) in [5.74, 6) is 0.834. The molecule has 2 aromatic carbocycles. The van der Waals surface area contributed by atoms with Gasteiger partial charge in [-0.05, 0) is 35.4 Å². The standard InChI is InChI=1S/C20H20ClN5OS3/c1-26(2)17-9-5-14(6-10-17)11-22-23-18(27)13-29-20-25-24-19(30-20)28-12-15-3-7-16(21)8-4-15/h3-11H,12-13H2,1-2H3,(H,23,27). The third-order valence-corrected chi connectivity index (χ3v) is 7.32. The molecule has 3 rings (SSSR count). The molecule has 0 aliphatic rings. The van der Waals surface area contributed by atoms with E-state index in [1.165, 1.54) is 28.7 Å². The number of nitrogens with one attached hydrogen (secondary N) is 1. The van der Waals surface area contributed by atoms with Crippen molar-refractivity contribution < 1.29 is 4.79 Å². The van der Waals surface area contributed by atoms with Crippen LogP contribution in [0.25, 0.3) is 0 Å². The second-order valence-electron chi connectivity index (χ2n) is 6.32. The van der Waals surface area contributed by atoms with Crippen LogP contribution in [0.3, 0.4) is 0 Å². The highest BCUT2D eigenvalue weighted by Crippen LogP contribution is 2.30. The summed E-state index contributed by atoms with van der Waals surface area (Å²) in [7, 11) is 3.97. The van der Waals surface area contributed by atoms with Gasteiger partial charge < -0.3 is 4.90 Å². The number of benzene rings is 2. The van der Waals surface area contributed by atoms with Gasteiger partial charge in [-0.2, -0.15) is 5.10 Å². The minimum atomic E-state index is -0.188. The average molecular weight is 478 g/mol. The van der Waals surface area contributed by atoms with Gasteiger partial charge >= 0.3 is 0 Å². The number of halogens is 1. The molecule has 0 radical (unpaired) electrons. The van der Waals surface area contributed by atoms with Crippen molar-refractivity contribution in [1.82, 2.24) is 15.6 Å². The molecule has 1 amide bonds. The summed E-state index contributed by atoms with van der Waals surface area (Å²) >= 11 is 10.3.